The molecular weight excluding hydrogens is 164 g/mol. The number of carbonyl (C=O) groups is 2. The summed E-state index contributed by atoms with van der Waals surface area (Å²) in [6, 6.07) is 0. The van der Waals surface area contributed by atoms with Crippen molar-refractivity contribution in [2.45, 2.75) is 20.3 Å². The summed E-state index contributed by atoms with van der Waals surface area (Å²) in [6.45, 7) is 9.38. The normalized spacial score (nSPS) is 6.30. The van der Waals surface area contributed by atoms with E-state index in [1.807, 2.05) is 0 Å². The van der Waals surface area contributed by atoms with E-state index in [4.69, 9.17) is 0 Å². The largest absolute Gasteiger partial charge is 2.00 e. The molecule has 56 valence electrons. The predicted octanol–water partition coefficient (Wildman–Crippen LogP) is 1.21. The van der Waals surface area contributed by atoms with E-state index >= 15 is 0 Å². The van der Waals surface area contributed by atoms with E-state index in [0.29, 0.717) is 0 Å². The van der Waals surface area contributed by atoms with E-state index in [9.17, 15) is 9.59 Å². The van der Waals surface area contributed by atoms with Gasteiger partial charge in [0.2, 0.25) is 0 Å². The van der Waals surface area contributed by atoms with Crippen molar-refractivity contribution in [3.05, 3.63) is 13.8 Å². The van der Waals surface area contributed by atoms with Crippen molar-refractivity contribution in [3.8, 4) is 0 Å². The number of hydrogen-bond acceptors (Lipinski definition) is 2. The van der Waals surface area contributed by atoms with Crippen LogP contribution in [0.2, 0.25) is 0 Å². The third-order valence-electron chi connectivity index (χ3n) is 0.446. The number of hydrogen-bond donors (Lipinski definition) is 0. The molecule has 0 aromatic heterocycles. The zero-order chi connectivity index (χ0) is 7.86. The molecule has 0 heterocycles. The number of Topliss-reactive ketones (excluding diaryl/α,β-unsaturated/α-hetero) is 2. The maximum absolute atomic E-state index is 9.99. The maximum atomic E-state index is 9.99. The van der Waals surface area contributed by atoms with Crippen LogP contribution >= 0.6 is 0 Å². The second-order valence-corrected chi connectivity index (χ2v) is 1.42. The molecular formula is C7H12O2Ti. The molecule has 10 heavy (non-hydrogen) atoms. The molecule has 0 amide bonds. The smallest absolute Gasteiger partial charge is 0.346 e. The predicted molar refractivity (Wildman–Crippen MR) is 36.7 cm³/mol. The fourth-order valence-corrected chi connectivity index (χ4v) is 0.278. The zero-order valence-electron chi connectivity index (χ0n) is 6.44. The minimum Gasteiger partial charge on any atom is -0.346 e. The van der Waals surface area contributed by atoms with Crippen molar-refractivity contribution in [2.24, 2.45) is 0 Å². The zero-order valence-corrected chi connectivity index (χ0v) is 8.00. The van der Waals surface area contributed by atoms with E-state index < -0.39 is 0 Å². The molecule has 0 spiro atoms. The first-order chi connectivity index (χ1) is 4.13. The van der Waals surface area contributed by atoms with Gasteiger partial charge in [0.25, 0.3) is 0 Å². The number of ketones is 2. The SMILES string of the molecule is [CH2-]C.[CH2-]C(=O)CC(C)=O.[Ti+2]. The Balaban J connectivity index is -0.000000149. The van der Waals surface area contributed by atoms with Gasteiger partial charge in [-0.2, -0.15) is 6.92 Å². The van der Waals surface area contributed by atoms with Gasteiger partial charge in [-0.15, -0.1) is 0 Å². The number of carbonyl (C=O) groups excluding carboxylic acids is 2. The Bertz CT molecular complexity index is 87.8. The van der Waals surface area contributed by atoms with E-state index in [1.54, 1.807) is 6.92 Å². The molecule has 0 aliphatic rings. The van der Waals surface area contributed by atoms with Gasteiger partial charge in [0.15, 0.2) is 0 Å². The van der Waals surface area contributed by atoms with Gasteiger partial charge in [0.05, 0.1) is 0 Å². The summed E-state index contributed by atoms with van der Waals surface area (Å²) in [7, 11) is 0. The van der Waals surface area contributed by atoms with Crippen LogP contribution in [-0.2, 0) is 31.3 Å². The second-order valence-electron chi connectivity index (χ2n) is 1.42. The van der Waals surface area contributed by atoms with Gasteiger partial charge in [0, 0.05) is 12.2 Å². The van der Waals surface area contributed by atoms with Gasteiger partial charge >= 0.3 is 21.7 Å². The molecule has 0 saturated carbocycles. The van der Waals surface area contributed by atoms with Gasteiger partial charge in [-0.25, -0.2) is 0 Å². The molecule has 0 saturated heterocycles. The van der Waals surface area contributed by atoms with Crippen molar-refractivity contribution < 1.29 is 31.3 Å². The Morgan fingerprint density at radius 2 is 1.60 bits per heavy atom. The van der Waals surface area contributed by atoms with Crippen LogP contribution < -0.4 is 0 Å². The molecule has 0 aromatic rings. The van der Waals surface area contributed by atoms with Crippen molar-refractivity contribution in [3.63, 3.8) is 0 Å². The topological polar surface area (TPSA) is 34.1 Å². The van der Waals surface area contributed by atoms with Crippen LogP contribution in [0.5, 0.6) is 0 Å². The summed E-state index contributed by atoms with van der Waals surface area (Å²) in [5.74, 6) is -0.437. The van der Waals surface area contributed by atoms with E-state index in [-0.39, 0.29) is 39.7 Å². The average Bonchev–Trinajstić information content (AvgIpc) is 1.68. The molecule has 0 radical (unpaired) electrons. The fourth-order valence-electron chi connectivity index (χ4n) is 0.278. The third kappa shape index (κ3) is 24.7. The summed E-state index contributed by atoms with van der Waals surface area (Å²) in [6.07, 6.45) is -0.0278. The summed E-state index contributed by atoms with van der Waals surface area (Å²) < 4.78 is 0. The molecule has 0 N–H and O–H groups in total. The first-order valence-corrected chi connectivity index (χ1v) is 2.68. The summed E-state index contributed by atoms with van der Waals surface area (Å²) in [4.78, 5) is 19.9. The number of rotatable bonds is 2. The first-order valence-electron chi connectivity index (χ1n) is 2.68. The maximum Gasteiger partial charge on any atom is 2.00 e. The molecule has 0 atom stereocenters. The summed E-state index contributed by atoms with van der Waals surface area (Å²) in [5, 5.41) is 0. The van der Waals surface area contributed by atoms with Gasteiger partial charge in [-0.1, -0.05) is 0 Å². The van der Waals surface area contributed by atoms with Crippen molar-refractivity contribution >= 4 is 11.6 Å². The van der Waals surface area contributed by atoms with Crippen LogP contribution in [0, 0.1) is 13.8 Å². The molecule has 0 unspecified atom stereocenters. The van der Waals surface area contributed by atoms with Crippen molar-refractivity contribution in [1.29, 1.82) is 0 Å². The standard InChI is InChI=1S/C5H7O2.C2H5.Ti/c1-4(6)3-5(2)7;1-2;/h1,3H2,2H3;1H2,2H3;/q2*-1;+2. The summed E-state index contributed by atoms with van der Waals surface area (Å²) >= 11 is 0. The van der Waals surface area contributed by atoms with Gasteiger partial charge in [0.1, 0.15) is 5.78 Å². The minimum absolute atomic E-state index is 0. The van der Waals surface area contributed by atoms with Crippen molar-refractivity contribution in [2.75, 3.05) is 0 Å². The van der Waals surface area contributed by atoms with Gasteiger partial charge < -0.3 is 18.6 Å². The minimum atomic E-state index is -0.312. The van der Waals surface area contributed by atoms with Gasteiger partial charge in [-0.05, 0) is 6.92 Å². The van der Waals surface area contributed by atoms with E-state index in [0.717, 1.165) is 0 Å². The van der Waals surface area contributed by atoms with Gasteiger partial charge in [-0.3, -0.25) is 4.79 Å². The van der Waals surface area contributed by atoms with Crippen LogP contribution in [0.25, 0.3) is 0 Å². The monoisotopic (exact) mass is 176 g/mol. The van der Waals surface area contributed by atoms with Crippen molar-refractivity contribution in [1.82, 2.24) is 0 Å². The Kier molecular flexibility index (Phi) is 19.3. The molecule has 0 rings (SSSR count). The molecule has 0 fully saturated rings. The Hall–Kier alpha value is -0.0757. The van der Waals surface area contributed by atoms with Crippen LogP contribution in [0.15, 0.2) is 0 Å². The molecule has 3 heteroatoms. The van der Waals surface area contributed by atoms with E-state index in [2.05, 4.69) is 13.8 Å². The fraction of sp³-hybridized carbons (Fsp3) is 0.429. The van der Waals surface area contributed by atoms with Crippen LogP contribution in [0.3, 0.4) is 0 Å². The molecule has 0 aromatic carbocycles. The molecule has 2 nitrogen and oxygen atoms in total. The first kappa shape index (κ1) is 16.5. The van der Waals surface area contributed by atoms with Crippen LogP contribution in [0.4, 0.5) is 0 Å². The third-order valence-corrected chi connectivity index (χ3v) is 0.446. The molecule has 0 bridgehead atoms. The summed E-state index contributed by atoms with van der Waals surface area (Å²) in [5.41, 5.74) is 0. The van der Waals surface area contributed by atoms with Crippen LogP contribution in [-0.4, -0.2) is 11.6 Å². The Labute approximate surface area is 77.3 Å². The molecule has 0 aliphatic heterocycles. The Morgan fingerprint density at radius 3 is 1.60 bits per heavy atom. The Morgan fingerprint density at radius 1 is 1.30 bits per heavy atom. The van der Waals surface area contributed by atoms with Crippen LogP contribution in [0.1, 0.15) is 20.3 Å². The second kappa shape index (κ2) is 11.7. The quantitative estimate of drug-likeness (QED) is 0.360. The molecule has 0 aliphatic carbocycles. The average molecular weight is 176 g/mol. The van der Waals surface area contributed by atoms with E-state index in [1.165, 1.54) is 6.92 Å².